The van der Waals surface area contributed by atoms with Crippen LogP contribution in [0.5, 0.6) is 28.7 Å². The molecule has 3 aromatic rings. The third kappa shape index (κ3) is 3.87. The number of phenolic OH excluding ortho intramolecular Hbond substituents is 3. The Balaban J connectivity index is 1.94. The van der Waals surface area contributed by atoms with E-state index in [1.165, 1.54) is 31.4 Å². The van der Waals surface area contributed by atoms with Gasteiger partial charge in [0.1, 0.15) is 41.3 Å². The molecule has 1 saturated heterocycles. The number of benzene rings is 2. The molecule has 5 atom stereocenters. The van der Waals surface area contributed by atoms with E-state index in [-0.39, 0.29) is 28.4 Å². The third-order valence-corrected chi connectivity index (χ3v) is 5.46. The van der Waals surface area contributed by atoms with Gasteiger partial charge in [0.05, 0.1) is 13.7 Å². The average molecular weight is 478 g/mol. The van der Waals surface area contributed by atoms with Crippen LogP contribution in [0.15, 0.2) is 39.5 Å². The van der Waals surface area contributed by atoms with Crippen LogP contribution in [0.2, 0.25) is 0 Å². The van der Waals surface area contributed by atoms with Gasteiger partial charge in [-0.05, 0) is 24.3 Å². The molecule has 4 rings (SSSR count). The van der Waals surface area contributed by atoms with E-state index in [1.807, 2.05) is 0 Å². The normalized spacial score (nSPS) is 24.8. The van der Waals surface area contributed by atoms with Crippen LogP contribution in [-0.4, -0.2) is 80.2 Å². The fourth-order valence-electron chi connectivity index (χ4n) is 3.68. The summed E-state index contributed by atoms with van der Waals surface area (Å²) in [6.07, 6.45) is -8.29. The Kier molecular flexibility index (Phi) is 6.25. The summed E-state index contributed by atoms with van der Waals surface area (Å²) >= 11 is 0. The zero-order valence-electron chi connectivity index (χ0n) is 17.7. The van der Waals surface area contributed by atoms with Crippen molar-refractivity contribution in [2.45, 2.75) is 30.7 Å². The Bertz CT molecular complexity index is 1250. The van der Waals surface area contributed by atoms with Gasteiger partial charge < -0.3 is 54.4 Å². The van der Waals surface area contributed by atoms with E-state index in [1.54, 1.807) is 0 Å². The second-order valence-electron chi connectivity index (χ2n) is 7.60. The van der Waals surface area contributed by atoms with Crippen LogP contribution in [0, 0.1) is 0 Å². The summed E-state index contributed by atoms with van der Waals surface area (Å²) in [7, 11) is 1.21. The molecule has 0 radical (unpaired) electrons. The maximum absolute atomic E-state index is 13.4. The highest BCUT2D eigenvalue weighted by Gasteiger charge is 2.45. The van der Waals surface area contributed by atoms with Gasteiger partial charge in [0.15, 0.2) is 17.1 Å². The van der Waals surface area contributed by atoms with Gasteiger partial charge >= 0.3 is 0 Å². The van der Waals surface area contributed by atoms with Gasteiger partial charge in [0.25, 0.3) is 0 Å². The zero-order chi connectivity index (χ0) is 24.7. The number of hydrogen-bond acceptors (Lipinski definition) is 12. The Morgan fingerprint density at radius 2 is 1.62 bits per heavy atom. The lowest BCUT2D eigenvalue weighted by Gasteiger charge is -2.39. The number of rotatable bonds is 5. The highest BCUT2D eigenvalue weighted by atomic mass is 16.7. The van der Waals surface area contributed by atoms with Crippen molar-refractivity contribution in [3.05, 3.63) is 40.6 Å². The monoisotopic (exact) mass is 478 g/mol. The zero-order valence-corrected chi connectivity index (χ0v) is 17.7. The molecule has 12 heteroatoms. The molecular weight excluding hydrogens is 456 g/mol. The number of fused-ring (bicyclic) bond motifs is 1. The van der Waals surface area contributed by atoms with Crippen molar-refractivity contribution in [1.82, 2.24) is 0 Å². The molecule has 0 aliphatic carbocycles. The predicted octanol–water partition coefficient (Wildman–Crippen LogP) is -0.236. The highest BCUT2D eigenvalue weighted by molar-refractivity contribution is 5.93. The topological polar surface area (TPSA) is 200 Å². The summed E-state index contributed by atoms with van der Waals surface area (Å²) in [5, 5.41) is 69.5. The van der Waals surface area contributed by atoms with E-state index in [2.05, 4.69) is 0 Å². The fraction of sp³-hybridized carbons (Fsp3) is 0.318. The van der Waals surface area contributed by atoms with Crippen molar-refractivity contribution in [2.75, 3.05) is 13.7 Å². The summed E-state index contributed by atoms with van der Waals surface area (Å²) in [4.78, 5) is 13.4. The van der Waals surface area contributed by atoms with Crippen LogP contribution in [-0.2, 0) is 4.74 Å². The van der Waals surface area contributed by atoms with E-state index in [9.17, 15) is 40.5 Å². The number of phenols is 3. The summed E-state index contributed by atoms with van der Waals surface area (Å²) in [5.41, 5.74) is -1.05. The van der Waals surface area contributed by atoms with Crippen molar-refractivity contribution in [3.8, 4) is 40.1 Å². The Hall–Kier alpha value is -3.55. The molecule has 1 aromatic heterocycles. The lowest BCUT2D eigenvalue weighted by atomic mass is 9.99. The lowest BCUT2D eigenvalue weighted by Crippen LogP contribution is -2.60. The van der Waals surface area contributed by atoms with Gasteiger partial charge in [-0.15, -0.1) is 0 Å². The molecule has 0 amide bonds. The molecule has 0 bridgehead atoms. The van der Waals surface area contributed by atoms with Crippen molar-refractivity contribution < 1.29 is 54.4 Å². The predicted molar refractivity (Wildman–Crippen MR) is 114 cm³/mol. The third-order valence-electron chi connectivity index (χ3n) is 5.46. The van der Waals surface area contributed by atoms with Gasteiger partial charge in [-0.2, -0.15) is 0 Å². The first-order valence-corrected chi connectivity index (χ1v) is 10.0. The van der Waals surface area contributed by atoms with Gasteiger partial charge in [-0.1, -0.05) is 0 Å². The quantitative estimate of drug-likeness (QED) is 0.254. The number of aromatic hydroxyl groups is 3. The molecule has 0 spiro atoms. The molecule has 2 aromatic carbocycles. The van der Waals surface area contributed by atoms with Gasteiger partial charge in [-0.25, -0.2) is 0 Å². The molecule has 1 aliphatic rings. The van der Waals surface area contributed by atoms with Gasteiger partial charge in [0.2, 0.25) is 23.2 Å². The van der Waals surface area contributed by atoms with Crippen molar-refractivity contribution in [1.29, 1.82) is 0 Å². The van der Waals surface area contributed by atoms with Crippen molar-refractivity contribution >= 4 is 11.0 Å². The van der Waals surface area contributed by atoms with E-state index in [0.29, 0.717) is 0 Å². The first kappa shape index (κ1) is 23.6. The van der Waals surface area contributed by atoms with Crippen LogP contribution in [0.25, 0.3) is 22.3 Å². The van der Waals surface area contributed by atoms with Gasteiger partial charge in [0, 0.05) is 11.6 Å². The van der Waals surface area contributed by atoms with Crippen LogP contribution in [0.3, 0.4) is 0 Å². The second kappa shape index (κ2) is 9.00. The fourth-order valence-corrected chi connectivity index (χ4v) is 3.68. The summed E-state index contributed by atoms with van der Waals surface area (Å²) in [5.74, 6) is -2.31. The largest absolute Gasteiger partial charge is 0.508 e. The first-order chi connectivity index (χ1) is 16.2. The Labute approximate surface area is 191 Å². The molecule has 2 heterocycles. The van der Waals surface area contributed by atoms with E-state index < -0.39 is 65.4 Å². The maximum atomic E-state index is 13.4. The van der Waals surface area contributed by atoms with E-state index in [0.717, 1.165) is 6.07 Å². The summed E-state index contributed by atoms with van der Waals surface area (Å²) < 4.78 is 21.8. The molecule has 1 aliphatic heterocycles. The number of hydrogen-bond donors (Lipinski definition) is 7. The maximum Gasteiger partial charge on any atom is 0.239 e. The molecule has 182 valence electrons. The smallest absolute Gasteiger partial charge is 0.239 e. The average Bonchev–Trinajstić information content (AvgIpc) is 2.81. The summed E-state index contributed by atoms with van der Waals surface area (Å²) in [6, 6.07) is 6.24. The minimum absolute atomic E-state index is 0.0869. The number of methoxy groups -OCH3 is 1. The van der Waals surface area contributed by atoms with Crippen LogP contribution in [0.4, 0.5) is 0 Å². The number of aliphatic hydroxyl groups excluding tert-OH is 4. The molecule has 3 unspecified atom stereocenters. The molecule has 1 fully saturated rings. The van der Waals surface area contributed by atoms with Gasteiger partial charge in [-0.3, -0.25) is 4.79 Å². The van der Waals surface area contributed by atoms with Crippen molar-refractivity contribution in [3.63, 3.8) is 0 Å². The number of aliphatic hydroxyl groups is 4. The molecule has 0 saturated carbocycles. The molecule has 34 heavy (non-hydrogen) atoms. The Morgan fingerprint density at radius 3 is 2.24 bits per heavy atom. The molecule has 12 nitrogen and oxygen atoms in total. The van der Waals surface area contributed by atoms with E-state index in [4.69, 9.17) is 18.6 Å². The van der Waals surface area contributed by atoms with Crippen LogP contribution >= 0.6 is 0 Å². The summed E-state index contributed by atoms with van der Waals surface area (Å²) in [6.45, 7) is -0.723. The number of ether oxygens (including phenoxy) is 3. The van der Waals surface area contributed by atoms with Crippen LogP contribution in [0.1, 0.15) is 0 Å². The van der Waals surface area contributed by atoms with Crippen LogP contribution < -0.4 is 14.9 Å². The van der Waals surface area contributed by atoms with E-state index >= 15 is 0 Å². The molecular formula is C22H22O12. The lowest BCUT2D eigenvalue weighted by molar-refractivity contribution is -0.277. The second-order valence-corrected chi connectivity index (χ2v) is 7.60. The SMILES string of the molecule is COc1c(O)cc(O)c2c(=O)c(O[C@H]3OC(CO)[C@H](O)C(O)C3O)c(-c3ccc(O)cc3)oc12. The standard InChI is InChI=1S/C22H22O12/c1-31-19-11(26)6-10(25)13-15(28)21(18(33-20(13)19)8-2-4-9(24)5-3-8)34-22-17(30)16(29)14(27)12(7-23)32-22/h2-6,12,14,16-17,22-27,29-30H,7H2,1H3/t12?,14-,16?,17?,22+/m0/s1. The molecule has 7 N–H and O–H groups in total. The minimum atomic E-state index is -1.83. The highest BCUT2D eigenvalue weighted by Crippen LogP contribution is 2.43. The Morgan fingerprint density at radius 1 is 0.941 bits per heavy atom. The minimum Gasteiger partial charge on any atom is -0.508 e. The first-order valence-electron chi connectivity index (χ1n) is 10.0. The van der Waals surface area contributed by atoms with Crippen molar-refractivity contribution in [2.24, 2.45) is 0 Å².